The van der Waals surface area contributed by atoms with Crippen LogP contribution in [0.2, 0.25) is 0 Å². The molecule has 21 heavy (non-hydrogen) atoms. The van der Waals surface area contributed by atoms with Crippen LogP contribution in [-0.2, 0) is 9.84 Å². The lowest BCUT2D eigenvalue weighted by atomic mass is 10.4. The predicted molar refractivity (Wildman–Crippen MR) is 82.0 cm³/mol. The van der Waals surface area contributed by atoms with Gasteiger partial charge in [0, 0.05) is 5.75 Å². The minimum Gasteiger partial charge on any atom is -0.415 e. The van der Waals surface area contributed by atoms with Crippen LogP contribution in [0, 0.1) is 0 Å². The van der Waals surface area contributed by atoms with E-state index in [-0.39, 0.29) is 10.8 Å². The first kappa shape index (κ1) is 16.0. The number of nitrogens with zero attached hydrogens (tertiary/aromatic N) is 2. The Morgan fingerprint density at radius 2 is 1.95 bits per heavy atom. The van der Waals surface area contributed by atoms with Crippen molar-refractivity contribution in [2.45, 2.75) is 42.1 Å². The number of rotatable bonds is 7. The van der Waals surface area contributed by atoms with Crippen LogP contribution in [0.4, 0.5) is 0 Å². The van der Waals surface area contributed by atoms with Crippen LogP contribution < -0.4 is 0 Å². The minimum absolute atomic E-state index is 0.137. The molecule has 0 aliphatic carbocycles. The van der Waals surface area contributed by atoms with Crippen LogP contribution in [0.3, 0.4) is 0 Å². The Morgan fingerprint density at radius 3 is 2.62 bits per heavy atom. The van der Waals surface area contributed by atoms with Gasteiger partial charge in [0.2, 0.25) is 5.89 Å². The lowest BCUT2D eigenvalue weighted by molar-refractivity contribution is 0.410. The van der Waals surface area contributed by atoms with Crippen molar-refractivity contribution >= 4 is 21.6 Å². The molecule has 0 aliphatic heterocycles. The van der Waals surface area contributed by atoms with Crippen molar-refractivity contribution in [3.63, 3.8) is 0 Å². The van der Waals surface area contributed by atoms with Crippen LogP contribution in [-0.4, -0.2) is 24.4 Å². The van der Waals surface area contributed by atoms with E-state index in [1.165, 1.54) is 11.8 Å². The zero-order chi connectivity index (χ0) is 15.3. The molecule has 0 bridgehead atoms. The first-order valence-corrected chi connectivity index (χ1v) is 9.34. The van der Waals surface area contributed by atoms with Gasteiger partial charge in [-0.3, -0.25) is 0 Å². The van der Waals surface area contributed by atoms with Gasteiger partial charge in [-0.25, -0.2) is 8.42 Å². The van der Waals surface area contributed by atoms with E-state index in [0.717, 1.165) is 18.6 Å². The molecule has 2 aromatic rings. The van der Waals surface area contributed by atoms with Gasteiger partial charge in [0.05, 0.1) is 4.90 Å². The molecule has 1 heterocycles. The monoisotopic (exact) mass is 326 g/mol. The third-order valence-corrected chi connectivity index (χ3v) is 6.00. The zero-order valence-corrected chi connectivity index (χ0v) is 13.7. The molecule has 0 N–H and O–H groups in total. The number of hydrogen-bond acceptors (Lipinski definition) is 6. The van der Waals surface area contributed by atoms with E-state index in [4.69, 9.17) is 4.42 Å². The van der Waals surface area contributed by atoms with Gasteiger partial charge >= 0.3 is 0 Å². The molecule has 0 saturated carbocycles. The van der Waals surface area contributed by atoms with E-state index in [0.29, 0.717) is 5.22 Å². The molecule has 1 aromatic heterocycles. The van der Waals surface area contributed by atoms with Gasteiger partial charge in [-0.05, 0) is 25.5 Å². The molecule has 114 valence electrons. The zero-order valence-electron chi connectivity index (χ0n) is 12.0. The molecule has 0 saturated heterocycles. The highest BCUT2D eigenvalue weighted by Crippen LogP contribution is 2.29. The van der Waals surface area contributed by atoms with E-state index in [2.05, 4.69) is 17.1 Å². The van der Waals surface area contributed by atoms with Crippen molar-refractivity contribution in [1.82, 2.24) is 10.2 Å². The maximum Gasteiger partial charge on any atom is 0.276 e. The Labute approximate surface area is 129 Å². The van der Waals surface area contributed by atoms with Gasteiger partial charge < -0.3 is 4.42 Å². The molecule has 0 fully saturated rings. The maximum absolute atomic E-state index is 12.5. The molecule has 2 rings (SSSR count). The smallest absolute Gasteiger partial charge is 0.276 e. The third-order valence-electron chi connectivity index (χ3n) is 3.03. The number of unbranched alkanes of at least 4 members (excludes halogenated alkanes) is 1. The van der Waals surface area contributed by atoms with Crippen molar-refractivity contribution in [2.75, 3.05) is 5.75 Å². The Hall–Kier alpha value is -1.34. The molecule has 1 atom stereocenters. The second-order valence-electron chi connectivity index (χ2n) is 4.61. The van der Waals surface area contributed by atoms with Crippen molar-refractivity contribution in [2.24, 2.45) is 0 Å². The fourth-order valence-electron chi connectivity index (χ4n) is 1.69. The summed E-state index contributed by atoms with van der Waals surface area (Å²) in [5.74, 6) is 1.02. The fourth-order valence-corrected chi connectivity index (χ4v) is 3.85. The van der Waals surface area contributed by atoms with Crippen LogP contribution in [0.1, 0.15) is 37.8 Å². The summed E-state index contributed by atoms with van der Waals surface area (Å²) in [6, 6.07) is 8.30. The molecule has 0 radical (unpaired) electrons. The number of benzene rings is 1. The summed E-state index contributed by atoms with van der Waals surface area (Å²) in [7, 11) is -3.51. The van der Waals surface area contributed by atoms with Crippen LogP contribution in [0.5, 0.6) is 0 Å². The predicted octanol–water partition coefficient (Wildman–Crippen LogP) is 3.50. The highest BCUT2D eigenvalue weighted by atomic mass is 32.2. The van der Waals surface area contributed by atoms with Crippen molar-refractivity contribution in [3.05, 3.63) is 36.2 Å². The molecule has 1 unspecified atom stereocenters. The van der Waals surface area contributed by atoms with Crippen LogP contribution in [0.15, 0.2) is 44.9 Å². The van der Waals surface area contributed by atoms with Crippen LogP contribution >= 0.6 is 11.8 Å². The quantitative estimate of drug-likeness (QED) is 0.573. The van der Waals surface area contributed by atoms with Crippen molar-refractivity contribution < 1.29 is 12.8 Å². The van der Waals surface area contributed by atoms with Crippen molar-refractivity contribution in [1.29, 1.82) is 0 Å². The second-order valence-corrected chi connectivity index (χ2v) is 7.92. The lowest BCUT2D eigenvalue weighted by Gasteiger charge is -2.08. The fraction of sp³-hybridized carbons (Fsp3) is 0.429. The Balaban J connectivity index is 2.15. The summed E-state index contributed by atoms with van der Waals surface area (Å²) in [6.45, 7) is 3.67. The van der Waals surface area contributed by atoms with E-state index in [1.807, 2.05) is 0 Å². The maximum atomic E-state index is 12.5. The van der Waals surface area contributed by atoms with E-state index in [1.54, 1.807) is 37.3 Å². The van der Waals surface area contributed by atoms with Gasteiger partial charge in [0.15, 0.2) is 9.84 Å². The molecule has 0 aliphatic rings. The SMILES string of the molecule is CCCCSc1nnc(C(C)S(=O)(=O)c2ccccc2)o1. The highest BCUT2D eigenvalue weighted by molar-refractivity contribution is 7.99. The summed E-state index contributed by atoms with van der Waals surface area (Å²) in [6.07, 6.45) is 2.15. The van der Waals surface area contributed by atoms with Crippen molar-refractivity contribution in [3.8, 4) is 0 Å². The average molecular weight is 326 g/mol. The molecule has 0 spiro atoms. The van der Waals surface area contributed by atoms with Gasteiger partial charge in [-0.1, -0.05) is 43.3 Å². The van der Waals surface area contributed by atoms with E-state index in [9.17, 15) is 8.42 Å². The summed E-state index contributed by atoms with van der Waals surface area (Å²) < 4.78 is 30.4. The Kier molecular flexibility index (Phi) is 5.41. The van der Waals surface area contributed by atoms with Gasteiger partial charge in [0.1, 0.15) is 5.25 Å². The number of aromatic nitrogens is 2. The standard InChI is InChI=1S/C14H18N2O3S2/c1-3-4-10-20-14-16-15-13(19-14)11(2)21(17,18)12-8-6-5-7-9-12/h5-9,11H,3-4,10H2,1-2H3. The summed E-state index contributed by atoms with van der Waals surface area (Å²) in [5.41, 5.74) is 0. The average Bonchev–Trinajstić information content (AvgIpc) is 2.96. The Bertz CT molecular complexity index is 669. The summed E-state index contributed by atoms with van der Waals surface area (Å²) in [4.78, 5) is 0.260. The number of thioether (sulfide) groups is 1. The normalized spacial score (nSPS) is 13.2. The molecular weight excluding hydrogens is 308 g/mol. The second kappa shape index (κ2) is 7.09. The molecule has 1 aromatic carbocycles. The Morgan fingerprint density at radius 1 is 1.24 bits per heavy atom. The summed E-state index contributed by atoms with van der Waals surface area (Å²) >= 11 is 1.45. The van der Waals surface area contributed by atoms with Gasteiger partial charge in [0.25, 0.3) is 5.22 Å². The number of hydrogen-bond donors (Lipinski definition) is 0. The van der Waals surface area contributed by atoms with Crippen LogP contribution in [0.25, 0.3) is 0 Å². The molecular formula is C14H18N2O3S2. The largest absolute Gasteiger partial charge is 0.415 e. The van der Waals surface area contributed by atoms with E-state index < -0.39 is 15.1 Å². The molecule has 7 heteroatoms. The van der Waals surface area contributed by atoms with Gasteiger partial charge in [-0.2, -0.15) is 0 Å². The minimum atomic E-state index is -3.51. The topological polar surface area (TPSA) is 73.1 Å². The third kappa shape index (κ3) is 3.85. The molecule has 5 nitrogen and oxygen atoms in total. The highest BCUT2D eigenvalue weighted by Gasteiger charge is 2.29. The summed E-state index contributed by atoms with van der Waals surface area (Å²) in [5, 5.41) is 7.34. The first-order chi connectivity index (χ1) is 10.1. The molecule has 0 amide bonds. The number of sulfone groups is 1. The first-order valence-electron chi connectivity index (χ1n) is 6.81. The van der Waals surface area contributed by atoms with Gasteiger partial charge in [-0.15, -0.1) is 10.2 Å². The lowest BCUT2D eigenvalue weighted by Crippen LogP contribution is -2.11. The van der Waals surface area contributed by atoms with E-state index >= 15 is 0 Å².